The van der Waals surface area contributed by atoms with Crippen molar-refractivity contribution in [2.75, 3.05) is 6.54 Å². The van der Waals surface area contributed by atoms with E-state index in [-0.39, 0.29) is 0 Å². The molecule has 0 aromatic heterocycles. The summed E-state index contributed by atoms with van der Waals surface area (Å²) in [7, 11) is 0. The Balaban J connectivity index is 2.53. The van der Waals surface area contributed by atoms with Crippen molar-refractivity contribution >= 4 is 0 Å². The maximum absolute atomic E-state index is 3.77. The van der Waals surface area contributed by atoms with Crippen molar-refractivity contribution in [1.82, 2.24) is 5.32 Å². The monoisotopic (exact) mass is 239 g/mol. The lowest BCUT2D eigenvalue weighted by atomic mass is 9.72. The van der Waals surface area contributed by atoms with E-state index in [1.54, 1.807) is 0 Å². The molecule has 0 amide bonds. The first-order valence-electron chi connectivity index (χ1n) is 7.83. The van der Waals surface area contributed by atoms with Gasteiger partial charge in [-0.05, 0) is 43.1 Å². The zero-order chi connectivity index (χ0) is 12.8. The third-order valence-electron chi connectivity index (χ3n) is 5.03. The van der Waals surface area contributed by atoms with E-state index in [9.17, 15) is 0 Å². The van der Waals surface area contributed by atoms with Crippen molar-refractivity contribution in [3.63, 3.8) is 0 Å². The van der Waals surface area contributed by atoms with Crippen LogP contribution in [0, 0.1) is 23.7 Å². The third kappa shape index (κ3) is 4.28. The molecule has 1 rings (SSSR count). The lowest BCUT2D eigenvalue weighted by Crippen LogP contribution is -2.44. The molecule has 2 unspecified atom stereocenters. The summed E-state index contributed by atoms with van der Waals surface area (Å²) in [5.41, 5.74) is 0. The normalized spacial score (nSPS) is 29.3. The lowest BCUT2D eigenvalue weighted by Gasteiger charge is -2.38. The summed E-state index contributed by atoms with van der Waals surface area (Å²) in [6.07, 6.45) is 7.22. The molecule has 0 bridgehead atoms. The molecule has 0 aliphatic heterocycles. The van der Waals surface area contributed by atoms with E-state index >= 15 is 0 Å². The van der Waals surface area contributed by atoms with Gasteiger partial charge in [0.1, 0.15) is 0 Å². The molecule has 1 heteroatoms. The quantitative estimate of drug-likeness (QED) is 0.721. The van der Waals surface area contributed by atoms with Crippen LogP contribution in [0.25, 0.3) is 0 Å². The van der Waals surface area contributed by atoms with Crippen LogP contribution in [0.3, 0.4) is 0 Å². The molecule has 0 spiro atoms. The second-order valence-electron chi connectivity index (χ2n) is 6.38. The van der Waals surface area contributed by atoms with Gasteiger partial charge in [-0.25, -0.2) is 0 Å². The standard InChI is InChI=1S/C16H33N/c1-6-14-8-10-15(11-9-14)16(17-7-2)13(5)12(3)4/h12-17H,6-11H2,1-5H3. The van der Waals surface area contributed by atoms with Crippen LogP contribution in [0.5, 0.6) is 0 Å². The molecule has 0 aromatic carbocycles. The minimum Gasteiger partial charge on any atom is -0.314 e. The molecule has 1 aliphatic carbocycles. The van der Waals surface area contributed by atoms with Crippen LogP contribution < -0.4 is 5.32 Å². The van der Waals surface area contributed by atoms with Gasteiger partial charge in [-0.15, -0.1) is 0 Å². The smallest absolute Gasteiger partial charge is 0.0123 e. The molecule has 0 heterocycles. The second kappa shape index (κ2) is 7.41. The molecule has 0 radical (unpaired) electrons. The Morgan fingerprint density at radius 3 is 2.00 bits per heavy atom. The number of nitrogens with one attached hydrogen (secondary N) is 1. The van der Waals surface area contributed by atoms with Crippen LogP contribution in [0.1, 0.15) is 66.7 Å². The summed E-state index contributed by atoms with van der Waals surface area (Å²) < 4.78 is 0. The van der Waals surface area contributed by atoms with Crippen molar-refractivity contribution < 1.29 is 0 Å². The Labute approximate surface area is 109 Å². The highest BCUT2D eigenvalue weighted by molar-refractivity contribution is 4.85. The molecule has 1 aliphatic rings. The molecule has 102 valence electrons. The van der Waals surface area contributed by atoms with Crippen molar-refractivity contribution in [2.24, 2.45) is 23.7 Å². The van der Waals surface area contributed by atoms with Gasteiger partial charge in [0.25, 0.3) is 0 Å². The average molecular weight is 239 g/mol. The van der Waals surface area contributed by atoms with Gasteiger partial charge in [-0.2, -0.15) is 0 Å². The van der Waals surface area contributed by atoms with Crippen molar-refractivity contribution in [1.29, 1.82) is 0 Å². The molecule has 1 nitrogen and oxygen atoms in total. The van der Waals surface area contributed by atoms with Crippen LogP contribution in [-0.4, -0.2) is 12.6 Å². The summed E-state index contributed by atoms with van der Waals surface area (Å²) in [6.45, 7) is 12.9. The SMILES string of the molecule is CCNC(C1CCC(CC)CC1)C(C)C(C)C. The predicted molar refractivity (Wildman–Crippen MR) is 77.2 cm³/mol. The first-order valence-corrected chi connectivity index (χ1v) is 7.83. The molecule has 1 saturated carbocycles. The molecular formula is C16H33N. The Kier molecular flexibility index (Phi) is 6.54. The maximum atomic E-state index is 3.77. The first kappa shape index (κ1) is 15.0. The molecule has 0 aromatic rings. The fraction of sp³-hybridized carbons (Fsp3) is 1.00. The van der Waals surface area contributed by atoms with Crippen LogP contribution >= 0.6 is 0 Å². The van der Waals surface area contributed by atoms with Crippen molar-refractivity contribution in [3.8, 4) is 0 Å². The maximum Gasteiger partial charge on any atom is 0.0123 e. The Morgan fingerprint density at radius 2 is 1.59 bits per heavy atom. The summed E-state index contributed by atoms with van der Waals surface area (Å²) in [5.74, 6) is 3.54. The average Bonchev–Trinajstić information content (AvgIpc) is 2.35. The van der Waals surface area contributed by atoms with E-state index in [1.165, 1.54) is 32.1 Å². The highest BCUT2D eigenvalue weighted by Crippen LogP contribution is 2.35. The fourth-order valence-electron chi connectivity index (χ4n) is 3.39. The lowest BCUT2D eigenvalue weighted by molar-refractivity contribution is 0.161. The van der Waals surface area contributed by atoms with E-state index in [4.69, 9.17) is 0 Å². The van der Waals surface area contributed by atoms with Gasteiger partial charge in [0.15, 0.2) is 0 Å². The summed E-state index contributed by atoms with van der Waals surface area (Å²) in [4.78, 5) is 0. The number of hydrogen-bond acceptors (Lipinski definition) is 1. The largest absolute Gasteiger partial charge is 0.314 e. The molecular weight excluding hydrogens is 206 g/mol. The molecule has 1 N–H and O–H groups in total. The minimum absolute atomic E-state index is 0.748. The number of rotatable bonds is 6. The Bertz CT molecular complexity index is 192. The van der Waals surface area contributed by atoms with Crippen molar-refractivity contribution in [2.45, 2.75) is 72.8 Å². The van der Waals surface area contributed by atoms with E-state index in [0.29, 0.717) is 0 Å². The van der Waals surface area contributed by atoms with Gasteiger partial charge in [0.2, 0.25) is 0 Å². The highest BCUT2D eigenvalue weighted by Gasteiger charge is 2.30. The van der Waals surface area contributed by atoms with E-state index in [0.717, 1.165) is 36.3 Å². The predicted octanol–water partition coefficient (Wildman–Crippen LogP) is 4.47. The van der Waals surface area contributed by atoms with E-state index < -0.39 is 0 Å². The zero-order valence-corrected chi connectivity index (χ0v) is 12.6. The van der Waals surface area contributed by atoms with Gasteiger partial charge in [-0.1, -0.05) is 53.9 Å². The Hall–Kier alpha value is -0.0400. The molecule has 0 saturated heterocycles. The van der Waals surface area contributed by atoms with E-state index in [2.05, 4.69) is 39.9 Å². The van der Waals surface area contributed by atoms with Crippen molar-refractivity contribution in [3.05, 3.63) is 0 Å². The summed E-state index contributed by atoms with van der Waals surface area (Å²) in [6, 6.07) is 0.748. The zero-order valence-electron chi connectivity index (χ0n) is 12.6. The fourth-order valence-corrected chi connectivity index (χ4v) is 3.39. The van der Waals surface area contributed by atoms with Gasteiger partial charge in [0, 0.05) is 6.04 Å². The van der Waals surface area contributed by atoms with Gasteiger partial charge >= 0.3 is 0 Å². The van der Waals surface area contributed by atoms with Gasteiger partial charge in [0.05, 0.1) is 0 Å². The summed E-state index contributed by atoms with van der Waals surface area (Å²) in [5, 5.41) is 3.77. The summed E-state index contributed by atoms with van der Waals surface area (Å²) >= 11 is 0. The van der Waals surface area contributed by atoms with Gasteiger partial charge in [-0.3, -0.25) is 0 Å². The molecule has 17 heavy (non-hydrogen) atoms. The van der Waals surface area contributed by atoms with Gasteiger partial charge < -0.3 is 5.32 Å². The van der Waals surface area contributed by atoms with Crippen LogP contribution in [0.15, 0.2) is 0 Å². The second-order valence-corrected chi connectivity index (χ2v) is 6.38. The minimum atomic E-state index is 0.748. The highest BCUT2D eigenvalue weighted by atomic mass is 14.9. The van der Waals surface area contributed by atoms with Crippen LogP contribution in [-0.2, 0) is 0 Å². The van der Waals surface area contributed by atoms with Crippen LogP contribution in [0.4, 0.5) is 0 Å². The topological polar surface area (TPSA) is 12.0 Å². The Morgan fingerprint density at radius 1 is 1.00 bits per heavy atom. The number of hydrogen-bond donors (Lipinski definition) is 1. The third-order valence-corrected chi connectivity index (χ3v) is 5.03. The van der Waals surface area contributed by atoms with E-state index in [1.807, 2.05) is 0 Å². The first-order chi connectivity index (χ1) is 8.10. The van der Waals surface area contributed by atoms with Crippen LogP contribution in [0.2, 0.25) is 0 Å². The molecule has 1 fully saturated rings. The molecule has 2 atom stereocenters.